The maximum absolute atomic E-state index is 11.8. The highest BCUT2D eigenvalue weighted by molar-refractivity contribution is 6.67. The lowest BCUT2D eigenvalue weighted by molar-refractivity contribution is -0.128. The summed E-state index contributed by atoms with van der Waals surface area (Å²) in [6.07, 6.45) is 7.57. The molecule has 0 radical (unpaired) electrons. The summed E-state index contributed by atoms with van der Waals surface area (Å²) in [6, 6.07) is 0. The first-order valence-electron chi connectivity index (χ1n) is 7.25. The molecule has 1 atom stereocenters. The Morgan fingerprint density at radius 3 is 1.95 bits per heavy atom. The van der Waals surface area contributed by atoms with Crippen molar-refractivity contribution in [2.75, 3.05) is 0 Å². The van der Waals surface area contributed by atoms with Gasteiger partial charge in [-0.05, 0) is 35.5 Å². The van der Waals surface area contributed by atoms with Crippen molar-refractivity contribution in [2.24, 2.45) is 11.3 Å². The molecule has 0 aliphatic rings. The molecule has 0 amide bonds. The van der Waals surface area contributed by atoms with Crippen molar-refractivity contribution in [2.45, 2.75) is 72.1 Å². The smallest absolute Gasteiger partial charge is 0.228 e. The van der Waals surface area contributed by atoms with Gasteiger partial charge in [0.05, 0.1) is 5.41 Å². The van der Waals surface area contributed by atoms with Crippen LogP contribution in [0.2, 0.25) is 0 Å². The van der Waals surface area contributed by atoms with Crippen LogP contribution in [-0.2, 0) is 9.59 Å². The highest BCUT2D eigenvalue weighted by Crippen LogP contribution is 2.40. The predicted octanol–water partition coefficient (Wildman–Crippen LogP) is 5.30. The average Bonchev–Trinajstić information content (AvgIpc) is 2.30. The summed E-state index contributed by atoms with van der Waals surface area (Å²) in [4.78, 5) is 23.0. The second-order valence-corrected chi connectivity index (χ2v) is 6.40. The predicted molar refractivity (Wildman–Crippen MR) is 81.6 cm³/mol. The van der Waals surface area contributed by atoms with Crippen LogP contribution in [0.25, 0.3) is 0 Å². The zero-order valence-electron chi connectivity index (χ0n) is 12.3. The number of carbonyl (C=O) groups excluding carboxylic acids is 2. The Bertz CT molecular complexity index is 290. The van der Waals surface area contributed by atoms with Crippen molar-refractivity contribution in [1.82, 2.24) is 0 Å². The Morgan fingerprint density at radius 1 is 1.00 bits per heavy atom. The molecule has 0 aromatic carbocycles. The molecule has 2 nitrogen and oxygen atoms in total. The number of carbonyl (C=O) groups is 2. The van der Waals surface area contributed by atoms with Gasteiger partial charge in [-0.15, -0.1) is 0 Å². The van der Waals surface area contributed by atoms with Crippen molar-refractivity contribution in [3.63, 3.8) is 0 Å². The Kier molecular flexibility index (Phi) is 9.72. The average molecular weight is 309 g/mol. The molecule has 0 spiro atoms. The fourth-order valence-electron chi connectivity index (χ4n) is 2.44. The Labute approximate surface area is 127 Å². The largest absolute Gasteiger partial charge is 0.281 e. The first-order chi connectivity index (χ1) is 8.86. The molecule has 0 saturated heterocycles. The fraction of sp³-hybridized carbons (Fsp3) is 0.867. The summed E-state index contributed by atoms with van der Waals surface area (Å²) in [5, 5.41) is -0.904. The van der Waals surface area contributed by atoms with Crippen LogP contribution in [0.15, 0.2) is 0 Å². The molecule has 0 N–H and O–H groups in total. The molecule has 0 bridgehead atoms. The molecule has 0 heterocycles. The minimum absolute atomic E-state index is 0.0239. The topological polar surface area (TPSA) is 34.1 Å². The van der Waals surface area contributed by atoms with Gasteiger partial charge in [-0.1, -0.05) is 59.3 Å². The molecule has 0 fully saturated rings. The maximum atomic E-state index is 11.8. The van der Waals surface area contributed by atoms with Gasteiger partial charge in [0.25, 0.3) is 0 Å². The molecule has 1 unspecified atom stereocenters. The monoisotopic (exact) mass is 308 g/mol. The Balaban J connectivity index is 4.42. The number of halogens is 2. The lowest BCUT2D eigenvalue weighted by atomic mass is 9.72. The summed E-state index contributed by atoms with van der Waals surface area (Å²) in [7, 11) is 0. The van der Waals surface area contributed by atoms with Gasteiger partial charge in [-0.25, -0.2) is 0 Å². The van der Waals surface area contributed by atoms with E-state index in [0.717, 1.165) is 12.8 Å². The van der Waals surface area contributed by atoms with E-state index in [2.05, 4.69) is 6.92 Å². The standard InChI is InChI=1S/C15H26Cl2O2/c1-4-5-6-7-8-9-10-15(12(2)3,14(17)19)11-13(16)18/h12H,4-11H2,1-3H3. The molecular formula is C15H26Cl2O2. The van der Waals surface area contributed by atoms with Gasteiger partial charge < -0.3 is 0 Å². The van der Waals surface area contributed by atoms with E-state index in [0.29, 0.717) is 6.42 Å². The van der Waals surface area contributed by atoms with Gasteiger partial charge in [0.1, 0.15) is 0 Å². The van der Waals surface area contributed by atoms with Crippen LogP contribution < -0.4 is 0 Å². The quantitative estimate of drug-likeness (QED) is 0.383. The van der Waals surface area contributed by atoms with E-state index < -0.39 is 15.9 Å². The maximum Gasteiger partial charge on any atom is 0.228 e. The van der Waals surface area contributed by atoms with E-state index in [1.807, 2.05) is 13.8 Å². The Hall–Kier alpha value is -0.0800. The van der Waals surface area contributed by atoms with Crippen LogP contribution in [0.4, 0.5) is 0 Å². The third kappa shape index (κ3) is 6.76. The third-order valence-corrected chi connectivity index (χ3v) is 4.44. The van der Waals surface area contributed by atoms with Crippen molar-refractivity contribution < 1.29 is 9.59 Å². The molecule has 0 aliphatic carbocycles. The van der Waals surface area contributed by atoms with Crippen LogP contribution in [0.3, 0.4) is 0 Å². The number of hydrogen-bond donors (Lipinski definition) is 0. The lowest BCUT2D eigenvalue weighted by Crippen LogP contribution is -2.35. The van der Waals surface area contributed by atoms with Crippen molar-refractivity contribution in [3.8, 4) is 0 Å². The minimum atomic E-state index is -0.787. The summed E-state index contributed by atoms with van der Waals surface area (Å²) < 4.78 is 0. The highest BCUT2D eigenvalue weighted by atomic mass is 35.5. The molecule has 19 heavy (non-hydrogen) atoms. The van der Waals surface area contributed by atoms with Crippen LogP contribution in [0, 0.1) is 11.3 Å². The van der Waals surface area contributed by atoms with Gasteiger partial charge in [0.2, 0.25) is 10.5 Å². The molecule has 112 valence electrons. The van der Waals surface area contributed by atoms with Gasteiger partial charge in [0, 0.05) is 6.42 Å². The van der Waals surface area contributed by atoms with Crippen LogP contribution >= 0.6 is 23.2 Å². The normalized spacial score (nSPS) is 14.4. The SMILES string of the molecule is CCCCCCCCC(CC(=O)Cl)(C(=O)Cl)C(C)C. The number of hydrogen-bond acceptors (Lipinski definition) is 2. The van der Waals surface area contributed by atoms with E-state index >= 15 is 0 Å². The molecule has 4 heteroatoms. The highest BCUT2D eigenvalue weighted by Gasteiger charge is 2.41. The molecule has 0 aromatic rings. The fourth-order valence-corrected chi connectivity index (χ4v) is 3.06. The molecular weight excluding hydrogens is 283 g/mol. The van der Waals surface area contributed by atoms with Crippen molar-refractivity contribution in [1.29, 1.82) is 0 Å². The molecule has 0 aromatic heterocycles. The van der Waals surface area contributed by atoms with Crippen LogP contribution in [0.1, 0.15) is 72.1 Å². The third-order valence-electron chi connectivity index (χ3n) is 3.93. The van der Waals surface area contributed by atoms with E-state index in [9.17, 15) is 9.59 Å². The minimum Gasteiger partial charge on any atom is -0.281 e. The molecule has 0 aliphatic heterocycles. The zero-order valence-corrected chi connectivity index (χ0v) is 13.8. The van der Waals surface area contributed by atoms with Crippen LogP contribution in [0.5, 0.6) is 0 Å². The number of rotatable bonds is 11. The van der Waals surface area contributed by atoms with E-state index in [1.165, 1.54) is 25.7 Å². The second kappa shape index (κ2) is 9.77. The molecule has 0 saturated carbocycles. The summed E-state index contributed by atoms with van der Waals surface area (Å²) in [6.45, 7) is 6.04. The Morgan fingerprint density at radius 2 is 1.53 bits per heavy atom. The van der Waals surface area contributed by atoms with Crippen LogP contribution in [-0.4, -0.2) is 10.5 Å². The number of unbranched alkanes of at least 4 members (excludes halogenated alkanes) is 5. The summed E-state index contributed by atoms with van der Waals surface area (Å²) in [5.74, 6) is 0.0239. The van der Waals surface area contributed by atoms with E-state index in [1.54, 1.807) is 0 Å². The first kappa shape index (κ1) is 18.9. The van der Waals surface area contributed by atoms with Crippen molar-refractivity contribution >= 4 is 33.7 Å². The van der Waals surface area contributed by atoms with Crippen molar-refractivity contribution in [3.05, 3.63) is 0 Å². The lowest BCUT2D eigenvalue weighted by Gasteiger charge is -2.33. The zero-order chi connectivity index (χ0) is 14.9. The summed E-state index contributed by atoms with van der Waals surface area (Å²) >= 11 is 11.2. The van der Waals surface area contributed by atoms with Gasteiger partial charge >= 0.3 is 0 Å². The second-order valence-electron chi connectivity index (χ2n) is 5.63. The van der Waals surface area contributed by atoms with E-state index in [4.69, 9.17) is 23.2 Å². The van der Waals surface area contributed by atoms with Gasteiger partial charge in [-0.3, -0.25) is 9.59 Å². The summed E-state index contributed by atoms with van der Waals surface area (Å²) in [5.41, 5.74) is -0.787. The van der Waals surface area contributed by atoms with Gasteiger partial charge in [0.15, 0.2) is 0 Å². The van der Waals surface area contributed by atoms with Gasteiger partial charge in [-0.2, -0.15) is 0 Å². The van der Waals surface area contributed by atoms with E-state index in [-0.39, 0.29) is 12.3 Å². The molecule has 0 rings (SSSR count). The first-order valence-corrected chi connectivity index (χ1v) is 8.00.